The summed E-state index contributed by atoms with van der Waals surface area (Å²) < 4.78 is 65.3. The van der Waals surface area contributed by atoms with Crippen molar-refractivity contribution in [1.29, 1.82) is 0 Å². The van der Waals surface area contributed by atoms with E-state index in [1.54, 1.807) is 0 Å². The maximum absolute atomic E-state index is 14.0. The van der Waals surface area contributed by atoms with Crippen molar-refractivity contribution in [3.05, 3.63) is 86.8 Å². The van der Waals surface area contributed by atoms with Crippen molar-refractivity contribution < 1.29 is 22.0 Å². The van der Waals surface area contributed by atoms with Gasteiger partial charge in [-0.3, -0.25) is 9.69 Å². The summed E-state index contributed by atoms with van der Waals surface area (Å²) in [5.74, 6) is -1.14. The molecule has 0 radical (unpaired) electrons. The Morgan fingerprint density at radius 3 is 2.47 bits per heavy atom. The molecule has 1 aliphatic heterocycles. The molecular formula is C21H16F5N3O. The topological polar surface area (TPSA) is 49.0 Å². The van der Waals surface area contributed by atoms with E-state index < -0.39 is 23.4 Å². The summed E-state index contributed by atoms with van der Waals surface area (Å²) in [6.45, 7) is 0.980. The first-order chi connectivity index (χ1) is 14.2. The van der Waals surface area contributed by atoms with Crippen molar-refractivity contribution >= 4 is 0 Å². The molecule has 0 spiro atoms. The molecule has 0 amide bonds. The average molecular weight is 421 g/mol. The molecule has 1 aromatic heterocycles. The van der Waals surface area contributed by atoms with Gasteiger partial charge in [0.2, 0.25) is 0 Å². The highest BCUT2D eigenvalue weighted by Gasteiger charge is 2.30. The lowest BCUT2D eigenvalue weighted by Crippen LogP contribution is -2.35. The highest BCUT2D eigenvalue weighted by Crippen LogP contribution is 2.30. The molecule has 4 nitrogen and oxygen atoms in total. The van der Waals surface area contributed by atoms with Crippen LogP contribution in [-0.2, 0) is 25.7 Å². The molecule has 0 unspecified atom stereocenters. The molecule has 3 aromatic rings. The number of rotatable bonds is 3. The van der Waals surface area contributed by atoms with E-state index in [1.165, 1.54) is 24.3 Å². The van der Waals surface area contributed by atoms with E-state index in [2.05, 4.69) is 9.97 Å². The molecule has 0 fully saturated rings. The van der Waals surface area contributed by atoms with Gasteiger partial charge in [0.1, 0.15) is 17.5 Å². The minimum atomic E-state index is -4.45. The Bertz CT molecular complexity index is 1140. The first-order valence-corrected chi connectivity index (χ1v) is 9.16. The smallest absolute Gasteiger partial charge is 0.306 e. The average Bonchev–Trinajstić information content (AvgIpc) is 2.69. The number of alkyl halides is 3. The molecule has 4 rings (SSSR count). The lowest BCUT2D eigenvalue weighted by atomic mass is 10.0. The highest BCUT2D eigenvalue weighted by atomic mass is 19.4. The maximum atomic E-state index is 14.0. The van der Waals surface area contributed by atoms with Gasteiger partial charge in [0, 0.05) is 42.4 Å². The molecule has 30 heavy (non-hydrogen) atoms. The number of aromatic amines is 1. The number of fused-ring (bicyclic) bond motifs is 1. The Labute approximate surface area is 168 Å². The summed E-state index contributed by atoms with van der Waals surface area (Å²) >= 11 is 0. The van der Waals surface area contributed by atoms with Crippen LogP contribution in [0.3, 0.4) is 0 Å². The van der Waals surface area contributed by atoms with E-state index in [-0.39, 0.29) is 24.5 Å². The molecule has 156 valence electrons. The summed E-state index contributed by atoms with van der Waals surface area (Å²) in [7, 11) is 0. The molecule has 9 heteroatoms. The van der Waals surface area contributed by atoms with E-state index in [9.17, 15) is 26.7 Å². The monoisotopic (exact) mass is 421 g/mol. The minimum Gasteiger partial charge on any atom is -0.306 e. The Kier molecular flexibility index (Phi) is 5.15. The fraction of sp³-hybridized carbons (Fsp3) is 0.238. The van der Waals surface area contributed by atoms with E-state index in [4.69, 9.17) is 0 Å². The fourth-order valence-corrected chi connectivity index (χ4v) is 3.47. The van der Waals surface area contributed by atoms with Crippen molar-refractivity contribution in [1.82, 2.24) is 14.9 Å². The molecule has 0 saturated heterocycles. The van der Waals surface area contributed by atoms with E-state index >= 15 is 0 Å². The van der Waals surface area contributed by atoms with Gasteiger partial charge in [0.25, 0.3) is 5.56 Å². The van der Waals surface area contributed by atoms with Crippen LogP contribution in [0.5, 0.6) is 0 Å². The van der Waals surface area contributed by atoms with Gasteiger partial charge in [-0.1, -0.05) is 18.2 Å². The van der Waals surface area contributed by atoms with Gasteiger partial charge in [-0.15, -0.1) is 0 Å². The zero-order chi connectivity index (χ0) is 21.5. The lowest BCUT2D eigenvalue weighted by Gasteiger charge is -2.27. The van der Waals surface area contributed by atoms with Crippen LogP contribution >= 0.6 is 0 Å². The highest BCUT2D eigenvalue weighted by molar-refractivity contribution is 5.56. The van der Waals surface area contributed by atoms with Crippen molar-refractivity contribution in [3.63, 3.8) is 0 Å². The summed E-state index contributed by atoms with van der Waals surface area (Å²) in [4.78, 5) is 21.4. The normalized spacial score (nSPS) is 14.6. The number of aromatic nitrogens is 2. The van der Waals surface area contributed by atoms with Crippen LogP contribution in [0.4, 0.5) is 22.0 Å². The quantitative estimate of drug-likeness (QED) is 0.642. The van der Waals surface area contributed by atoms with Crippen LogP contribution in [0.15, 0.2) is 47.3 Å². The van der Waals surface area contributed by atoms with Crippen molar-refractivity contribution in [3.8, 4) is 11.4 Å². The van der Waals surface area contributed by atoms with Gasteiger partial charge in [-0.25, -0.2) is 13.8 Å². The van der Waals surface area contributed by atoms with Crippen LogP contribution in [-0.4, -0.2) is 21.4 Å². The summed E-state index contributed by atoms with van der Waals surface area (Å²) in [5.41, 5.74) is 0.530. The largest absolute Gasteiger partial charge is 0.416 e. The Morgan fingerprint density at radius 1 is 1.07 bits per heavy atom. The van der Waals surface area contributed by atoms with E-state index in [0.717, 1.165) is 18.2 Å². The fourth-order valence-electron chi connectivity index (χ4n) is 3.47. The van der Waals surface area contributed by atoms with E-state index in [0.29, 0.717) is 35.3 Å². The number of nitrogens with zero attached hydrogens (tertiary/aromatic N) is 2. The second-order valence-corrected chi connectivity index (χ2v) is 7.11. The van der Waals surface area contributed by atoms with Crippen LogP contribution in [0.2, 0.25) is 0 Å². The van der Waals surface area contributed by atoms with Gasteiger partial charge in [-0.05, 0) is 24.6 Å². The SMILES string of the molecule is O=c1[nH]c(-c2ccc(C(F)(F)F)cc2)nc2c1CCN(Cc1ccc(F)cc1F)C2. The molecule has 0 saturated carbocycles. The third-order valence-electron chi connectivity index (χ3n) is 5.05. The number of benzene rings is 2. The number of hydrogen-bond donors (Lipinski definition) is 1. The van der Waals surface area contributed by atoms with Crippen LogP contribution in [0.25, 0.3) is 11.4 Å². The van der Waals surface area contributed by atoms with Gasteiger partial charge < -0.3 is 4.98 Å². The standard InChI is InChI=1S/C21H16F5N3O/c22-15-6-3-13(17(23)9-15)10-29-8-7-16-18(11-29)27-19(28-20(16)30)12-1-4-14(5-2-12)21(24,25)26/h1-6,9H,7-8,10-11H2,(H,27,28,30). The van der Waals surface area contributed by atoms with Crippen molar-refractivity contribution in [2.45, 2.75) is 25.7 Å². The van der Waals surface area contributed by atoms with Gasteiger partial charge in [-0.2, -0.15) is 13.2 Å². The van der Waals surface area contributed by atoms with Crippen molar-refractivity contribution in [2.24, 2.45) is 0 Å². The molecule has 0 aliphatic carbocycles. The van der Waals surface area contributed by atoms with Crippen LogP contribution in [0, 0.1) is 11.6 Å². The Balaban J connectivity index is 1.59. The second kappa shape index (κ2) is 7.64. The van der Waals surface area contributed by atoms with Gasteiger partial charge in [0.05, 0.1) is 11.3 Å². The second-order valence-electron chi connectivity index (χ2n) is 7.11. The van der Waals surface area contributed by atoms with Crippen LogP contribution < -0.4 is 5.56 Å². The third-order valence-corrected chi connectivity index (χ3v) is 5.05. The first kappa shape index (κ1) is 20.2. The predicted molar refractivity (Wildman–Crippen MR) is 99.5 cm³/mol. The number of H-pyrrole nitrogens is 1. The minimum absolute atomic E-state index is 0.169. The molecule has 0 atom stereocenters. The summed E-state index contributed by atoms with van der Waals surface area (Å²) in [5, 5.41) is 0. The van der Waals surface area contributed by atoms with Crippen molar-refractivity contribution in [2.75, 3.05) is 6.54 Å². The number of nitrogens with one attached hydrogen (secondary N) is 1. The third kappa shape index (κ3) is 4.11. The summed E-state index contributed by atoms with van der Waals surface area (Å²) in [6, 6.07) is 7.74. The zero-order valence-corrected chi connectivity index (χ0v) is 15.6. The van der Waals surface area contributed by atoms with E-state index in [1.807, 2.05) is 4.90 Å². The molecule has 1 aliphatic rings. The molecule has 0 bridgehead atoms. The molecule has 2 heterocycles. The summed E-state index contributed by atoms with van der Waals surface area (Å²) in [6.07, 6.45) is -4.06. The van der Waals surface area contributed by atoms with Gasteiger partial charge >= 0.3 is 6.18 Å². The zero-order valence-electron chi connectivity index (χ0n) is 15.6. The Hall–Kier alpha value is -3.07. The molecule has 1 N–H and O–H groups in total. The lowest BCUT2D eigenvalue weighted by molar-refractivity contribution is -0.137. The molecule has 2 aromatic carbocycles. The number of hydrogen-bond acceptors (Lipinski definition) is 3. The first-order valence-electron chi connectivity index (χ1n) is 9.16. The maximum Gasteiger partial charge on any atom is 0.416 e. The molecular weight excluding hydrogens is 405 g/mol. The number of halogens is 5. The van der Waals surface area contributed by atoms with Gasteiger partial charge in [0.15, 0.2) is 0 Å². The Morgan fingerprint density at radius 2 is 1.80 bits per heavy atom. The van der Waals surface area contributed by atoms with Crippen LogP contribution in [0.1, 0.15) is 22.4 Å². The predicted octanol–water partition coefficient (Wildman–Crippen LogP) is 4.29.